The molecule has 0 aromatic heterocycles. The van der Waals surface area contributed by atoms with Gasteiger partial charge in [-0.05, 0) is 18.4 Å². The SMILES string of the molecule is COCCOCCOCC(=O)NCCCCCN=[N+]=[N-]. The number of carbonyl (C=O) groups is 1. The van der Waals surface area contributed by atoms with Crippen molar-refractivity contribution in [2.75, 3.05) is 53.2 Å². The second kappa shape index (κ2) is 15.7. The molecule has 0 heterocycles. The first kappa shape index (κ1) is 18.7. The minimum atomic E-state index is -0.128. The van der Waals surface area contributed by atoms with Crippen LogP contribution < -0.4 is 5.32 Å². The third-order valence-electron chi connectivity index (χ3n) is 2.36. The average Bonchev–Trinajstić information content (AvgIpc) is 2.45. The van der Waals surface area contributed by atoms with Crippen molar-refractivity contribution in [3.63, 3.8) is 0 Å². The highest BCUT2D eigenvalue weighted by Crippen LogP contribution is 1.94. The Morgan fingerprint density at radius 2 is 1.90 bits per heavy atom. The summed E-state index contributed by atoms with van der Waals surface area (Å²) in [4.78, 5) is 14.0. The molecule has 0 rings (SSSR count). The molecule has 20 heavy (non-hydrogen) atoms. The summed E-state index contributed by atoms with van der Waals surface area (Å²) in [6, 6.07) is 0. The number of hydrogen-bond acceptors (Lipinski definition) is 5. The molecule has 1 N–H and O–H groups in total. The zero-order valence-electron chi connectivity index (χ0n) is 12.0. The molecule has 8 heteroatoms. The van der Waals surface area contributed by atoms with E-state index in [0.29, 0.717) is 39.5 Å². The number of unbranched alkanes of at least 4 members (excludes halogenated alkanes) is 2. The molecular formula is C12H24N4O4. The van der Waals surface area contributed by atoms with E-state index in [2.05, 4.69) is 15.3 Å². The number of amides is 1. The van der Waals surface area contributed by atoms with Crippen LogP contribution in [0.3, 0.4) is 0 Å². The monoisotopic (exact) mass is 288 g/mol. The highest BCUT2D eigenvalue weighted by Gasteiger charge is 2.00. The minimum absolute atomic E-state index is 0.0480. The van der Waals surface area contributed by atoms with Crippen LogP contribution >= 0.6 is 0 Å². The van der Waals surface area contributed by atoms with Crippen LogP contribution in [-0.2, 0) is 19.0 Å². The van der Waals surface area contributed by atoms with Gasteiger partial charge in [0.1, 0.15) is 6.61 Å². The quantitative estimate of drug-likeness (QED) is 0.225. The van der Waals surface area contributed by atoms with Crippen molar-refractivity contribution in [3.8, 4) is 0 Å². The molecule has 0 fully saturated rings. The Balaban J connectivity index is 3.18. The second-order valence-electron chi connectivity index (χ2n) is 4.02. The fourth-order valence-electron chi connectivity index (χ4n) is 1.33. The van der Waals surface area contributed by atoms with E-state index < -0.39 is 0 Å². The van der Waals surface area contributed by atoms with Gasteiger partial charge in [-0.1, -0.05) is 11.5 Å². The Morgan fingerprint density at radius 1 is 1.15 bits per heavy atom. The van der Waals surface area contributed by atoms with Gasteiger partial charge in [-0.25, -0.2) is 0 Å². The zero-order chi connectivity index (χ0) is 14.9. The first-order chi connectivity index (χ1) is 9.81. The standard InChI is InChI=1S/C12H24N4O4/c1-18-7-8-19-9-10-20-11-12(17)14-5-3-2-4-6-15-16-13/h2-11H2,1H3,(H,14,17). The lowest BCUT2D eigenvalue weighted by Gasteiger charge is -2.06. The lowest BCUT2D eigenvalue weighted by Crippen LogP contribution is -2.29. The highest BCUT2D eigenvalue weighted by molar-refractivity contribution is 5.77. The topological polar surface area (TPSA) is 106 Å². The van der Waals surface area contributed by atoms with Crippen LogP contribution in [0.25, 0.3) is 10.4 Å². The number of methoxy groups -OCH3 is 1. The summed E-state index contributed by atoms with van der Waals surface area (Å²) in [5.74, 6) is -0.128. The number of nitrogens with one attached hydrogen (secondary N) is 1. The fraction of sp³-hybridized carbons (Fsp3) is 0.917. The van der Waals surface area contributed by atoms with Crippen LogP contribution in [0, 0.1) is 0 Å². The minimum Gasteiger partial charge on any atom is -0.382 e. The lowest BCUT2D eigenvalue weighted by molar-refractivity contribution is -0.126. The van der Waals surface area contributed by atoms with Crippen molar-refractivity contribution < 1.29 is 19.0 Å². The predicted octanol–water partition coefficient (Wildman–Crippen LogP) is 1.26. The molecule has 0 radical (unpaired) electrons. The molecule has 1 amide bonds. The van der Waals surface area contributed by atoms with E-state index in [1.165, 1.54) is 0 Å². The third kappa shape index (κ3) is 14.7. The van der Waals surface area contributed by atoms with E-state index in [1.54, 1.807) is 7.11 Å². The Hall–Kier alpha value is -1.34. The summed E-state index contributed by atoms with van der Waals surface area (Å²) >= 11 is 0. The van der Waals surface area contributed by atoms with Crippen LogP contribution in [-0.4, -0.2) is 59.1 Å². The maximum absolute atomic E-state index is 11.3. The van der Waals surface area contributed by atoms with Crippen LogP contribution in [0.4, 0.5) is 0 Å². The van der Waals surface area contributed by atoms with Crippen molar-refractivity contribution in [2.24, 2.45) is 5.11 Å². The lowest BCUT2D eigenvalue weighted by atomic mass is 10.2. The normalized spacial score (nSPS) is 10.1. The molecule has 0 bridgehead atoms. The third-order valence-corrected chi connectivity index (χ3v) is 2.36. The molecule has 0 saturated heterocycles. The van der Waals surface area contributed by atoms with Crippen LogP contribution in [0.1, 0.15) is 19.3 Å². The van der Waals surface area contributed by atoms with Gasteiger partial charge in [0.25, 0.3) is 0 Å². The number of nitrogens with zero attached hydrogens (tertiary/aromatic N) is 3. The van der Waals surface area contributed by atoms with Gasteiger partial charge in [-0.3, -0.25) is 4.79 Å². The van der Waals surface area contributed by atoms with Gasteiger partial charge in [0, 0.05) is 25.1 Å². The summed E-state index contributed by atoms with van der Waals surface area (Å²) in [6.07, 6.45) is 2.63. The van der Waals surface area contributed by atoms with Crippen molar-refractivity contribution in [1.29, 1.82) is 0 Å². The van der Waals surface area contributed by atoms with Gasteiger partial charge < -0.3 is 19.5 Å². The smallest absolute Gasteiger partial charge is 0.245 e. The molecule has 0 aliphatic carbocycles. The van der Waals surface area contributed by atoms with Crippen LogP contribution in [0.15, 0.2) is 5.11 Å². The van der Waals surface area contributed by atoms with Crippen molar-refractivity contribution >= 4 is 5.91 Å². The maximum atomic E-state index is 11.3. The summed E-state index contributed by atoms with van der Waals surface area (Å²) in [6.45, 7) is 3.10. The van der Waals surface area contributed by atoms with Gasteiger partial charge in [0.05, 0.1) is 26.4 Å². The van der Waals surface area contributed by atoms with E-state index >= 15 is 0 Å². The zero-order valence-corrected chi connectivity index (χ0v) is 12.0. The van der Waals surface area contributed by atoms with E-state index in [1.807, 2.05) is 0 Å². The number of rotatable bonds is 14. The summed E-state index contributed by atoms with van der Waals surface area (Å²) < 4.78 is 15.2. The Morgan fingerprint density at radius 3 is 2.65 bits per heavy atom. The largest absolute Gasteiger partial charge is 0.382 e. The van der Waals surface area contributed by atoms with Gasteiger partial charge >= 0.3 is 0 Å². The second-order valence-corrected chi connectivity index (χ2v) is 4.02. The van der Waals surface area contributed by atoms with Crippen molar-refractivity contribution in [3.05, 3.63) is 10.4 Å². The number of hydrogen-bond donors (Lipinski definition) is 1. The number of carbonyl (C=O) groups excluding carboxylic acids is 1. The molecule has 0 spiro atoms. The molecule has 0 saturated carbocycles. The Bertz CT molecular complexity index is 283. The van der Waals surface area contributed by atoms with Gasteiger partial charge in [0.15, 0.2) is 0 Å². The van der Waals surface area contributed by atoms with Crippen molar-refractivity contribution in [1.82, 2.24) is 5.32 Å². The highest BCUT2D eigenvalue weighted by atomic mass is 16.5. The Labute approximate surface area is 119 Å². The molecule has 0 aliphatic heterocycles. The average molecular weight is 288 g/mol. The number of azide groups is 1. The Kier molecular flexibility index (Phi) is 14.7. The van der Waals surface area contributed by atoms with Crippen LogP contribution in [0.2, 0.25) is 0 Å². The van der Waals surface area contributed by atoms with Gasteiger partial charge in [-0.15, -0.1) is 0 Å². The van der Waals surface area contributed by atoms with Crippen molar-refractivity contribution in [2.45, 2.75) is 19.3 Å². The van der Waals surface area contributed by atoms with E-state index in [0.717, 1.165) is 19.3 Å². The first-order valence-electron chi connectivity index (χ1n) is 6.73. The summed E-state index contributed by atoms with van der Waals surface area (Å²) in [7, 11) is 1.61. The van der Waals surface area contributed by atoms with E-state index in [9.17, 15) is 4.79 Å². The van der Waals surface area contributed by atoms with E-state index in [-0.39, 0.29) is 12.5 Å². The first-order valence-corrected chi connectivity index (χ1v) is 6.73. The molecule has 0 aliphatic rings. The molecule has 116 valence electrons. The maximum Gasteiger partial charge on any atom is 0.245 e. The molecule has 0 aromatic carbocycles. The molecule has 8 nitrogen and oxygen atoms in total. The van der Waals surface area contributed by atoms with E-state index in [4.69, 9.17) is 19.7 Å². The summed E-state index contributed by atoms with van der Waals surface area (Å²) in [5, 5.41) is 6.19. The molecular weight excluding hydrogens is 264 g/mol. The summed E-state index contributed by atoms with van der Waals surface area (Å²) in [5.41, 5.74) is 8.08. The number of ether oxygens (including phenoxy) is 3. The molecule has 0 atom stereocenters. The van der Waals surface area contributed by atoms with Crippen LogP contribution in [0.5, 0.6) is 0 Å². The fourth-order valence-corrected chi connectivity index (χ4v) is 1.33. The van der Waals surface area contributed by atoms with Gasteiger partial charge in [0.2, 0.25) is 5.91 Å². The molecule has 0 unspecified atom stereocenters. The predicted molar refractivity (Wildman–Crippen MR) is 74.4 cm³/mol. The molecule has 0 aromatic rings. The van der Waals surface area contributed by atoms with Gasteiger partial charge in [-0.2, -0.15) is 0 Å².